The van der Waals surface area contributed by atoms with Gasteiger partial charge < -0.3 is 4.74 Å². The Morgan fingerprint density at radius 1 is 1.35 bits per heavy atom. The van der Waals surface area contributed by atoms with E-state index in [9.17, 15) is 9.59 Å². The van der Waals surface area contributed by atoms with Crippen LogP contribution in [0.4, 0.5) is 0 Å². The Morgan fingerprint density at radius 3 is 2.71 bits per heavy atom. The van der Waals surface area contributed by atoms with Crippen LogP contribution in [0.25, 0.3) is 6.08 Å². The van der Waals surface area contributed by atoms with Crippen molar-refractivity contribution in [2.45, 2.75) is 11.8 Å². The van der Waals surface area contributed by atoms with Crippen LogP contribution >= 0.6 is 11.6 Å². The van der Waals surface area contributed by atoms with Crippen molar-refractivity contribution >= 4 is 29.4 Å². The summed E-state index contributed by atoms with van der Waals surface area (Å²) in [7, 11) is 1.21. The second-order valence-electron chi connectivity index (χ2n) is 3.94. The van der Waals surface area contributed by atoms with E-state index in [0.717, 1.165) is 11.1 Å². The van der Waals surface area contributed by atoms with Crippen molar-refractivity contribution in [1.29, 1.82) is 0 Å². The number of esters is 1. The Labute approximate surface area is 104 Å². The van der Waals surface area contributed by atoms with Crippen LogP contribution in [0.2, 0.25) is 0 Å². The number of ketones is 1. The third kappa shape index (κ3) is 1.67. The Balaban J connectivity index is 2.67. The molecule has 2 rings (SSSR count). The summed E-state index contributed by atoms with van der Waals surface area (Å²) in [4.78, 5) is 21.8. The molecule has 0 amide bonds. The van der Waals surface area contributed by atoms with Crippen LogP contribution < -0.4 is 0 Å². The molecule has 88 valence electrons. The zero-order valence-electron chi connectivity index (χ0n) is 9.49. The van der Waals surface area contributed by atoms with E-state index in [1.807, 2.05) is 19.1 Å². The number of carbonyl (C=O) groups excluding carboxylic acids is 2. The highest BCUT2D eigenvalue weighted by Gasteiger charge is 2.48. The predicted octanol–water partition coefficient (Wildman–Crippen LogP) is 2.20. The van der Waals surface area contributed by atoms with Crippen molar-refractivity contribution in [1.82, 2.24) is 0 Å². The van der Waals surface area contributed by atoms with Crippen LogP contribution in [0.5, 0.6) is 0 Å². The molecule has 0 radical (unpaired) electrons. The summed E-state index contributed by atoms with van der Waals surface area (Å²) in [6.07, 6.45) is 2.97. The molecule has 0 saturated carbocycles. The minimum absolute atomic E-state index is 0.470. The number of ether oxygens (including phenoxy) is 1. The molecule has 0 fully saturated rings. The Kier molecular flexibility index (Phi) is 2.79. The number of aryl methyl sites for hydroxylation is 1. The molecule has 0 N–H and O–H groups in total. The summed E-state index contributed by atoms with van der Waals surface area (Å²) < 4.78 is 4.62. The molecule has 4 heteroatoms. The zero-order valence-corrected chi connectivity index (χ0v) is 10.2. The smallest absolute Gasteiger partial charge is 0.339 e. The van der Waals surface area contributed by atoms with Gasteiger partial charge in [0, 0.05) is 0 Å². The van der Waals surface area contributed by atoms with Crippen molar-refractivity contribution in [3.63, 3.8) is 0 Å². The first-order valence-corrected chi connectivity index (χ1v) is 5.49. The first kappa shape index (κ1) is 11.9. The van der Waals surface area contributed by atoms with E-state index >= 15 is 0 Å². The lowest BCUT2D eigenvalue weighted by Crippen LogP contribution is -2.40. The Bertz CT molecular complexity index is 533. The lowest BCUT2D eigenvalue weighted by Gasteiger charge is -2.26. The summed E-state index contributed by atoms with van der Waals surface area (Å²) in [6, 6.07) is 5.37. The number of alkyl halides is 1. The maximum Gasteiger partial charge on any atom is 0.339 e. The second kappa shape index (κ2) is 4.00. The zero-order chi connectivity index (χ0) is 12.6. The van der Waals surface area contributed by atoms with Gasteiger partial charge in [-0.05, 0) is 24.1 Å². The molecule has 1 aromatic rings. The lowest BCUT2D eigenvalue weighted by molar-refractivity contribution is -0.146. The molecule has 0 bridgehead atoms. The predicted molar refractivity (Wildman–Crippen MR) is 64.8 cm³/mol. The highest BCUT2D eigenvalue weighted by Crippen LogP contribution is 2.38. The highest BCUT2D eigenvalue weighted by molar-refractivity contribution is 6.48. The molecule has 3 nitrogen and oxygen atoms in total. The van der Waals surface area contributed by atoms with Crippen LogP contribution in [0.1, 0.15) is 16.7 Å². The maximum atomic E-state index is 11.8. The van der Waals surface area contributed by atoms with Gasteiger partial charge in [-0.25, -0.2) is 4.79 Å². The van der Waals surface area contributed by atoms with Crippen molar-refractivity contribution in [3.05, 3.63) is 41.0 Å². The fourth-order valence-electron chi connectivity index (χ4n) is 1.90. The number of benzene rings is 1. The molecule has 1 atom stereocenters. The van der Waals surface area contributed by atoms with Gasteiger partial charge in [-0.15, -0.1) is 0 Å². The summed E-state index contributed by atoms with van der Waals surface area (Å²) >= 11 is 6.18. The normalized spacial score (nSPS) is 22.2. The van der Waals surface area contributed by atoms with Gasteiger partial charge in [0.25, 0.3) is 0 Å². The number of fused-ring (bicyclic) bond motifs is 1. The summed E-state index contributed by atoms with van der Waals surface area (Å²) in [5.74, 6) is -1.22. The first-order valence-electron chi connectivity index (χ1n) is 5.11. The van der Waals surface area contributed by atoms with Crippen LogP contribution in [-0.2, 0) is 19.2 Å². The van der Waals surface area contributed by atoms with Crippen LogP contribution in [0.3, 0.4) is 0 Å². The largest absolute Gasteiger partial charge is 0.467 e. The third-order valence-corrected chi connectivity index (χ3v) is 3.34. The molecule has 17 heavy (non-hydrogen) atoms. The second-order valence-corrected chi connectivity index (χ2v) is 4.51. The number of methoxy groups -OCH3 is 1. The van der Waals surface area contributed by atoms with E-state index in [1.165, 1.54) is 13.2 Å². The van der Waals surface area contributed by atoms with Gasteiger partial charge in [-0.2, -0.15) is 0 Å². The van der Waals surface area contributed by atoms with Gasteiger partial charge >= 0.3 is 5.97 Å². The molecule has 0 unspecified atom stereocenters. The van der Waals surface area contributed by atoms with E-state index < -0.39 is 16.6 Å². The number of hydrogen-bond donors (Lipinski definition) is 0. The molecule has 0 heterocycles. The maximum absolute atomic E-state index is 11.8. The first-order chi connectivity index (χ1) is 8.00. The fraction of sp³-hybridized carbons (Fsp3) is 0.231. The third-order valence-electron chi connectivity index (χ3n) is 2.80. The quantitative estimate of drug-likeness (QED) is 0.436. The highest BCUT2D eigenvalue weighted by atomic mass is 35.5. The number of rotatable bonds is 1. The van der Waals surface area contributed by atoms with Gasteiger partial charge in [0.15, 0.2) is 5.78 Å². The Morgan fingerprint density at radius 2 is 2.06 bits per heavy atom. The SMILES string of the molecule is COC(=O)[C@]1(Cl)C(=O)C=Cc2cc(C)ccc21. The lowest BCUT2D eigenvalue weighted by atomic mass is 9.84. The fourth-order valence-corrected chi connectivity index (χ4v) is 2.21. The van der Waals surface area contributed by atoms with Gasteiger partial charge in [0.1, 0.15) is 0 Å². The summed E-state index contributed by atoms with van der Waals surface area (Å²) in [5.41, 5.74) is 2.28. The van der Waals surface area contributed by atoms with E-state index in [1.54, 1.807) is 12.1 Å². The Hall–Kier alpha value is -1.61. The van der Waals surface area contributed by atoms with Crippen LogP contribution in [-0.4, -0.2) is 18.9 Å². The van der Waals surface area contributed by atoms with Crippen molar-refractivity contribution in [2.75, 3.05) is 7.11 Å². The number of halogens is 1. The standard InChI is InChI=1S/C13H11ClO3/c1-8-3-5-10-9(7-8)4-6-11(15)13(10,14)12(16)17-2/h3-7H,1-2H3/t13-/m1/s1. The minimum Gasteiger partial charge on any atom is -0.467 e. The molecule has 0 saturated heterocycles. The van der Waals surface area contributed by atoms with E-state index in [-0.39, 0.29) is 0 Å². The topological polar surface area (TPSA) is 43.4 Å². The van der Waals surface area contributed by atoms with Gasteiger partial charge in [0.05, 0.1) is 7.11 Å². The number of allylic oxidation sites excluding steroid dienone is 1. The molecular formula is C13H11ClO3. The average molecular weight is 251 g/mol. The monoisotopic (exact) mass is 250 g/mol. The molecule has 1 aliphatic rings. The molecule has 0 spiro atoms. The molecule has 0 aliphatic heterocycles. The van der Waals surface area contributed by atoms with Crippen molar-refractivity contribution < 1.29 is 14.3 Å². The number of hydrogen-bond acceptors (Lipinski definition) is 3. The minimum atomic E-state index is -1.74. The molecule has 0 aromatic heterocycles. The van der Waals surface area contributed by atoms with Crippen LogP contribution in [0.15, 0.2) is 24.3 Å². The van der Waals surface area contributed by atoms with E-state index in [2.05, 4.69) is 4.74 Å². The van der Waals surface area contributed by atoms with Crippen LogP contribution in [0, 0.1) is 6.92 Å². The average Bonchev–Trinajstić information content (AvgIpc) is 2.32. The summed E-state index contributed by atoms with van der Waals surface area (Å²) in [6.45, 7) is 1.93. The molecule has 1 aromatic carbocycles. The van der Waals surface area contributed by atoms with Crippen molar-refractivity contribution in [3.8, 4) is 0 Å². The van der Waals surface area contributed by atoms with E-state index in [4.69, 9.17) is 11.6 Å². The van der Waals surface area contributed by atoms with Crippen molar-refractivity contribution in [2.24, 2.45) is 0 Å². The number of carbonyl (C=O) groups is 2. The van der Waals surface area contributed by atoms with Gasteiger partial charge in [-0.3, -0.25) is 4.79 Å². The van der Waals surface area contributed by atoms with E-state index in [0.29, 0.717) is 5.56 Å². The summed E-state index contributed by atoms with van der Waals surface area (Å²) in [5, 5.41) is 0. The van der Waals surface area contributed by atoms with Gasteiger partial charge in [-0.1, -0.05) is 41.4 Å². The van der Waals surface area contributed by atoms with Gasteiger partial charge in [0.2, 0.25) is 4.87 Å². The molecular weight excluding hydrogens is 240 g/mol. The molecule has 1 aliphatic carbocycles.